The maximum atomic E-state index is 13.2. The Bertz CT molecular complexity index is 1580. The molecule has 0 bridgehead atoms. The van der Waals surface area contributed by atoms with Crippen LogP contribution in [-0.2, 0) is 20.8 Å². The molecule has 6 rings (SSSR count). The molecule has 9 nitrogen and oxygen atoms in total. The SMILES string of the molecule is COC(=O)c1ccc([C@@H]2CC3(CCN2Cc2c(OC)cc(C)c4c2ccn4C(=O)OC(C)(C)C)CC3)c(N2CC(OC)C2)c1. The van der Waals surface area contributed by atoms with Crippen molar-refractivity contribution in [2.75, 3.05) is 45.9 Å². The number of ether oxygens (including phenoxy) is 4. The molecule has 0 N–H and O–H groups in total. The summed E-state index contributed by atoms with van der Waals surface area (Å²) in [6.45, 7) is 10.8. The molecule has 3 fully saturated rings. The zero-order chi connectivity index (χ0) is 31.4. The Labute approximate surface area is 260 Å². The van der Waals surface area contributed by atoms with Gasteiger partial charge in [0.1, 0.15) is 11.4 Å². The van der Waals surface area contributed by atoms with Crippen LogP contribution in [0.1, 0.15) is 79.5 Å². The van der Waals surface area contributed by atoms with Gasteiger partial charge in [0.15, 0.2) is 0 Å². The number of piperidine rings is 1. The largest absolute Gasteiger partial charge is 0.496 e. The molecule has 0 radical (unpaired) electrons. The van der Waals surface area contributed by atoms with E-state index in [1.807, 2.05) is 52.0 Å². The van der Waals surface area contributed by atoms with Gasteiger partial charge in [-0.05, 0) is 101 Å². The van der Waals surface area contributed by atoms with Crippen molar-refractivity contribution in [1.82, 2.24) is 9.47 Å². The highest BCUT2D eigenvalue weighted by atomic mass is 16.6. The number of nitrogens with zero attached hydrogens (tertiary/aromatic N) is 3. The van der Waals surface area contributed by atoms with E-state index in [0.717, 1.165) is 65.9 Å². The Kier molecular flexibility index (Phi) is 7.91. The number of hydrogen-bond acceptors (Lipinski definition) is 8. The topological polar surface area (TPSA) is 82.5 Å². The number of carbonyl (C=O) groups is 2. The maximum Gasteiger partial charge on any atom is 0.419 e. The van der Waals surface area contributed by atoms with Crippen molar-refractivity contribution in [3.8, 4) is 5.75 Å². The Morgan fingerprint density at radius 2 is 1.77 bits per heavy atom. The van der Waals surface area contributed by atoms with Gasteiger partial charge in [-0.2, -0.15) is 0 Å². The minimum Gasteiger partial charge on any atom is -0.496 e. The molecule has 1 aliphatic carbocycles. The summed E-state index contributed by atoms with van der Waals surface area (Å²) in [6.07, 6.45) is 6.35. The van der Waals surface area contributed by atoms with Crippen LogP contribution >= 0.6 is 0 Å². The fourth-order valence-electron chi connectivity index (χ4n) is 7.01. The zero-order valence-electron chi connectivity index (χ0n) is 27.1. The van der Waals surface area contributed by atoms with Crippen LogP contribution in [-0.4, -0.2) is 74.2 Å². The maximum absolute atomic E-state index is 13.2. The lowest BCUT2D eigenvalue weighted by Gasteiger charge is -2.45. The van der Waals surface area contributed by atoms with Crippen molar-refractivity contribution in [2.45, 2.75) is 77.7 Å². The van der Waals surface area contributed by atoms with E-state index in [2.05, 4.69) is 15.9 Å². The van der Waals surface area contributed by atoms with E-state index < -0.39 is 11.7 Å². The first kappa shape index (κ1) is 30.5. The molecular formula is C35H45N3O6. The first-order chi connectivity index (χ1) is 21.0. The second kappa shape index (κ2) is 11.4. The van der Waals surface area contributed by atoms with E-state index in [1.165, 1.54) is 25.5 Å². The van der Waals surface area contributed by atoms with Gasteiger partial charge in [-0.15, -0.1) is 0 Å². The number of aromatic nitrogens is 1. The molecular weight excluding hydrogens is 558 g/mol. The average molecular weight is 604 g/mol. The van der Waals surface area contributed by atoms with E-state index in [4.69, 9.17) is 18.9 Å². The van der Waals surface area contributed by atoms with E-state index in [-0.39, 0.29) is 18.1 Å². The number of methoxy groups -OCH3 is 3. The lowest BCUT2D eigenvalue weighted by molar-refractivity contribution is 0.0542. The van der Waals surface area contributed by atoms with Gasteiger partial charge in [0.25, 0.3) is 0 Å². The second-order valence-corrected chi connectivity index (χ2v) is 13.8. The molecule has 3 aromatic rings. The van der Waals surface area contributed by atoms with Crippen molar-refractivity contribution in [3.05, 3.63) is 58.8 Å². The summed E-state index contributed by atoms with van der Waals surface area (Å²) in [5.41, 5.74) is 5.50. The standard InChI is InChI=1S/C35H45N3O6/c1-22-16-30(42-6)27(25-10-14-38(31(22)25)33(40)44-34(2,3)4)21-36-15-13-35(11-12-35)18-29(36)26-9-8-23(32(39)43-7)17-28(26)37-19-24(20-37)41-5/h8-10,14,16-17,24,29H,11-13,15,18-21H2,1-7H3/t29-/m0/s1. The minimum absolute atomic E-state index is 0.156. The highest BCUT2D eigenvalue weighted by Crippen LogP contribution is 2.59. The van der Waals surface area contributed by atoms with Crippen molar-refractivity contribution in [3.63, 3.8) is 0 Å². The Hall–Kier alpha value is -3.56. The smallest absolute Gasteiger partial charge is 0.419 e. The van der Waals surface area contributed by atoms with Crippen molar-refractivity contribution >= 4 is 28.7 Å². The van der Waals surface area contributed by atoms with Gasteiger partial charge >= 0.3 is 12.1 Å². The third kappa shape index (κ3) is 5.68. The van der Waals surface area contributed by atoms with Gasteiger partial charge in [0, 0.05) is 55.6 Å². The number of rotatable bonds is 7. The molecule has 1 atom stereocenters. The van der Waals surface area contributed by atoms with Crippen LogP contribution in [0.25, 0.3) is 10.9 Å². The molecule has 2 aromatic carbocycles. The fraction of sp³-hybridized carbons (Fsp3) is 0.543. The molecule has 3 heterocycles. The van der Waals surface area contributed by atoms with Crippen LogP contribution in [0.15, 0.2) is 36.5 Å². The lowest BCUT2D eigenvalue weighted by Crippen LogP contribution is -2.52. The predicted molar refractivity (Wildman–Crippen MR) is 170 cm³/mol. The summed E-state index contributed by atoms with van der Waals surface area (Å²) in [6, 6.07) is 10.2. The molecule has 0 amide bonds. The summed E-state index contributed by atoms with van der Waals surface area (Å²) >= 11 is 0. The zero-order valence-corrected chi connectivity index (χ0v) is 27.1. The van der Waals surface area contributed by atoms with Crippen molar-refractivity contribution < 1.29 is 28.5 Å². The third-order valence-corrected chi connectivity index (χ3v) is 9.69. The van der Waals surface area contributed by atoms with Crippen molar-refractivity contribution in [1.29, 1.82) is 0 Å². The summed E-state index contributed by atoms with van der Waals surface area (Å²) in [5.74, 6) is 0.483. The van der Waals surface area contributed by atoms with Gasteiger partial charge in [0.05, 0.1) is 31.4 Å². The van der Waals surface area contributed by atoms with Crippen LogP contribution in [0, 0.1) is 12.3 Å². The van der Waals surface area contributed by atoms with Gasteiger partial charge in [-0.1, -0.05) is 6.07 Å². The Morgan fingerprint density at radius 3 is 2.41 bits per heavy atom. The minimum atomic E-state index is -0.600. The van der Waals surface area contributed by atoms with Crippen LogP contribution in [0.4, 0.5) is 10.5 Å². The van der Waals surface area contributed by atoms with Gasteiger partial charge in [0.2, 0.25) is 0 Å². The number of hydrogen-bond donors (Lipinski definition) is 0. The number of anilines is 1. The molecule has 1 spiro atoms. The van der Waals surface area contributed by atoms with Gasteiger partial charge < -0.3 is 23.8 Å². The summed E-state index contributed by atoms with van der Waals surface area (Å²) in [4.78, 5) is 30.6. The van der Waals surface area contributed by atoms with Crippen LogP contribution < -0.4 is 9.64 Å². The molecule has 2 aliphatic heterocycles. The predicted octanol–water partition coefficient (Wildman–Crippen LogP) is 6.48. The molecule has 9 heteroatoms. The van der Waals surface area contributed by atoms with E-state index in [0.29, 0.717) is 17.5 Å². The quantitative estimate of drug-likeness (QED) is 0.284. The number of benzene rings is 2. The number of carbonyl (C=O) groups excluding carboxylic acids is 2. The van der Waals surface area contributed by atoms with Gasteiger partial charge in [-0.3, -0.25) is 9.47 Å². The number of esters is 1. The first-order valence-corrected chi connectivity index (χ1v) is 15.6. The molecule has 44 heavy (non-hydrogen) atoms. The highest BCUT2D eigenvalue weighted by Gasteiger charge is 2.49. The molecule has 1 saturated carbocycles. The summed E-state index contributed by atoms with van der Waals surface area (Å²) in [5, 5.41) is 0.991. The van der Waals surface area contributed by atoms with Crippen LogP contribution in [0.3, 0.4) is 0 Å². The summed E-state index contributed by atoms with van der Waals surface area (Å²) < 4.78 is 24.0. The number of likely N-dealkylation sites (tertiary alicyclic amines) is 1. The Morgan fingerprint density at radius 1 is 1.02 bits per heavy atom. The fourth-order valence-corrected chi connectivity index (χ4v) is 7.01. The van der Waals surface area contributed by atoms with Crippen LogP contribution in [0.2, 0.25) is 0 Å². The van der Waals surface area contributed by atoms with Crippen LogP contribution in [0.5, 0.6) is 5.75 Å². The second-order valence-electron chi connectivity index (χ2n) is 13.8. The average Bonchev–Trinajstić information content (AvgIpc) is 3.55. The molecule has 1 aromatic heterocycles. The summed E-state index contributed by atoms with van der Waals surface area (Å²) in [7, 11) is 4.88. The number of fused-ring (bicyclic) bond motifs is 1. The normalized spacial score (nSPS) is 20.1. The monoisotopic (exact) mass is 603 g/mol. The van der Waals surface area contributed by atoms with E-state index in [9.17, 15) is 9.59 Å². The van der Waals surface area contributed by atoms with E-state index >= 15 is 0 Å². The highest BCUT2D eigenvalue weighted by molar-refractivity contribution is 5.95. The molecule has 2 saturated heterocycles. The lowest BCUT2D eigenvalue weighted by atomic mass is 9.83. The third-order valence-electron chi connectivity index (χ3n) is 9.69. The molecule has 0 unspecified atom stereocenters. The Balaban J connectivity index is 1.40. The van der Waals surface area contributed by atoms with Gasteiger partial charge in [-0.25, -0.2) is 9.59 Å². The molecule has 3 aliphatic rings. The first-order valence-electron chi connectivity index (χ1n) is 15.6. The number of aryl methyl sites for hydroxylation is 1. The molecule has 236 valence electrons. The van der Waals surface area contributed by atoms with Crippen molar-refractivity contribution in [2.24, 2.45) is 5.41 Å². The van der Waals surface area contributed by atoms with E-state index in [1.54, 1.807) is 25.0 Å².